The lowest BCUT2D eigenvalue weighted by atomic mass is 9.82. The van der Waals surface area contributed by atoms with Crippen LogP contribution in [0, 0.1) is 17.7 Å². The number of aromatic nitrogens is 2. The van der Waals surface area contributed by atoms with Crippen LogP contribution >= 0.6 is 0 Å². The van der Waals surface area contributed by atoms with E-state index in [0.29, 0.717) is 40.7 Å². The van der Waals surface area contributed by atoms with Crippen LogP contribution in [0.25, 0.3) is 21.7 Å². The van der Waals surface area contributed by atoms with Crippen molar-refractivity contribution in [3.05, 3.63) is 96.8 Å². The van der Waals surface area contributed by atoms with Crippen molar-refractivity contribution in [3.63, 3.8) is 0 Å². The van der Waals surface area contributed by atoms with E-state index in [0.717, 1.165) is 53.9 Å². The van der Waals surface area contributed by atoms with E-state index in [1.165, 1.54) is 12.1 Å². The number of para-hydroxylation sites is 1. The second-order valence-corrected chi connectivity index (χ2v) is 13.2. The minimum atomic E-state index is -5.08. The molecule has 1 fully saturated rings. The summed E-state index contributed by atoms with van der Waals surface area (Å²) in [6.07, 6.45) is -1.18. The van der Waals surface area contributed by atoms with Crippen molar-refractivity contribution in [3.8, 4) is 0 Å². The maximum atomic E-state index is 13.7. The molecule has 1 aliphatic rings. The molecule has 0 atom stereocenters. The average Bonchev–Trinajstić information content (AvgIpc) is 3.06. The zero-order valence-corrected chi connectivity index (χ0v) is 26.4. The van der Waals surface area contributed by atoms with Crippen LogP contribution in [0.4, 0.5) is 35.0 Å². The van der Waals surface area contributed by atoms with E-state index in [-0.39, 0.29) is 5.82 Å². The molecule has 0 bridgehead atoms. The SMILES string of the molecule is O=C(O)C(F)(F)F.O=S(=O)(NCC1CCC(CNc2nc(Nc3cccc(F)c3)c3ccccc3n2)CC1)c1cccc2ccccc12. The van der Waals surface area contributed by atoms with E-state index in [4.69, 9.17) is 14.9 Å². The average molecular weight is 684 g/mol. The van der Waals surface area contributed by atoms with Gasteiger partial charge in [0.1, 0.15) is 11.6 Å². The molecule has 14 heteroatoms. The summed E-state index contributed by atoms with van der Waals surface area (Å²) < 4.78 is 74.6. The number of fused-ring (bicyclic) bond motifs is 2. The van der Waals surface area contributed by atoms with Gasteiger partial charge in [0.25, 0.3) is 0 Å². The first-order valence-electron chi connectivity index (χ1n) is 15.2. The standard InChI is InChI=1S/C32H32FN5O2S.C2HF3O2/c33-25-9-6-10-26(19-25)36-31-28-12-3-4-13-29(28)37-32(38-31)34-20-22-15-17-23(18-16-22)21-35-41(39,40)30-14-5-8-24-7-1-2-11-27(24)30;3-2(4,5)1(6)7/h1-14,19,22-23,35H,15-18,20-21H2,(H2,34,36,37,38);(H,6,7). The number of rotatable bonds is 9. The van der Waals surface area contributed by atoms with Gasteiger partial charge in [-0.3, -0.25) is 0 Å². The first-order chi connectivity index (χ1) is 22.9. The van der Waals surface area contributed by atoms with Crippen LogP contribution < -0.4 is 15.4 Å². The highest BCUT2D eigenvalue weighted by Crippen LogP contribution is 2.30. The molecule has 0 amide bonds. The summed E-state index contributed by atoms with van der Waals surface area (Å²) in [6.45, 7) is 1.17. The normalized spacial score (nSPS) is 16.6. The van der Waals surface area contributed by atoms with E-state index in [2.05, 4.69) is 20.3 Å². The lowest BCUT2D eigenvalue weighted by molar-refractivity contribution is -0.192. The molecule has 4 N–H and O–H groups in total. The third-order valence-electron chi connectivity index (χ3n) is 8.05. The Morgan fingerprint density at radius 3 is 2.10 bits per heavy atom. The molecule has 48 heavy (non-hydrogen) atoms. The summed E-state index contributed by atoms with van der Waals surface area (Å²) in [5, 5.41) is 16.3. The van der Waals surface area contributed by atoms with Crippen LogP contribution in [-0.4, -0.2) is 48.7 Å². The summed E-state index contributed by atoms with van der Waals surface area (Å²) in [5.41, 5.74) is 1.42. The second-order valence-electron chi connectivity index (χ2n) is 11.4. The van der Waals surface area contributed by atoms with Crippen molar-refractivity contribution < 1.29 is 35.9 Å². The van der Waals surface area contributed by atoms with E-state index in [1.54, 1.807) is 24.3 Å². The van der Waals surface area contributed by atoms with Gasteiger partial charge in [0.15, 0.2) is 0 Å². The maximum Gasteiger partial charge on any atom is 0.490 e. The molecule has 4 aromatic carbocycles. The first-order valence-corrected chi connectivity index (χ1v) is 16.7. The summed E-state index contributed by atoms with van der Waals surface area (Å²) in [4.78, 5) is 18.6. The summed E-state index contributed by atoms with van der Waals surface area (Å²) >= 11 is 0. The molecule has 1 aromatic heterocycles. The Hall–Kier alpha value is -4.82. The van der Waals surface area contributed by atoms with E-state index in [1.807, 2.05) is 54.6 Å². The van der Waals surface area contributed by atoms with Crippen LogP contribution in [0.15, 0.2) is 95.9 Å². The number of carboxylic acids is 1. The van der Waals surface area contributed by atoms with E-state index < -0.39 is 22.2 Å². The number of carboxylic acid groups (broad SMARTS) is 1. The molecule has 5 aromatic rings. The molecular formula is C34H33F4N5O4S. The summed E-state index contributed by atoms with van der Waals surface area (Å²) in [6, 6.07) is 27.0. The fourth-order valence-electron chi connectivity index (χ4n) is 5.56. The molecule has 9 nitrogen and oxygen atoms in total. The van der Waals surface area contributed by atoms with Crippen LogP contribution in [0.1, 0.15) is 25.7 Å². The largest absolute Gasteiger partial charge is 0.490 e. The molecule has 0 saturated heterocycles. The molecule has 6 rings (SSSR count). The van der Waals surface area contributed by atoms with E-state index in [9.17, 15) is 26.0 Å². The number of nitrogens with zero attached hydrogens (tertiary/aromatic N) is 2. The van der Waals surface area contributed by atoms with Crippen molar-refractivity contribution >= 4 is 55.1 Å². The Labute approximate surface area is 274 Å². The number of carbonyl (C=O) groups is 1. The molecule has 0 aliphatic heterocycles. The third kappa shape index (κ3) is 8.95. The number of nitrogens with one attached hydrogen (secondary N) is 3. The lowest BCUT2D eigenvalue weighted by Gasteiger charge is -2.28. The third-order valence-corrected chi connectivity index (χ3v) is 9.53. The van der Waals surface area contributed by atoms with Gasteiger partial charge in [-0.25, -0.2) is 27.3 Å². The molecule has 0 radical (unpaired) electrons. The van der Waals surface area contributed by atoms with Gasteiger partial charge in [-0.15, -0.1) is 0 Å². The van der Waals surface area contributed by atoms with Gasteiger partial charge in [0, 0.05) is 29.5 Å². The van der Waals surface area contributed by atoms with Gasteiger partial charge in [0.2, 0.25) is 16.0 Å². The van der Waals surface area contributed by atoms with Gasteiger partial charge in [-0.1, -0.05) is 54.6 Å². The fourth-order valence-corrected chi connectivity index (χ4v) is 6.91. The van der Waals surface area contributed by atoms with Crippen LogP contribution in [-0.2, 0) is 14.8 Å². The van der Waals surface area contributed by atoms with Gasteiger partial charge in [-0.05, 0) is 79.3 Å². The van der Waals surface area contributed by atoms with E-state index >= 15 is 0 Å². The zero-order chi connectivity index (χ0) is 34.3. The highest BCUT2D eigenvalue weighted by molar-refractivity contribution is 7.89. The Bertz CT molecular complexity index is 2000. The molecular weight excluding hydrogens is 650 g/mol. The van der Waals surface area contributed by atoms with Crippen molar-refractivity contribution in [1.82, 2.24) is 14.7 Å². The molecule has 1 heterocycles. The number of sulfonamides is 1. The highest BCUT2D eigenvalue weighted by Gasteiger charge is 2.38. The van der Waals surface area contributed by atoms with Crippen LogP contribution in [0.2, 0.25) is 0 Å². The van der Waals surface area contributed by atoms with Crippen LogP contribution in [0.3, 0.4) is 0 Å². The predicted octanol–water partition coefficient (Wildman–Crippen LogP) is 7.50. The smallest absolute Gasteiger partial charge is 0.475 e. The van der Waals surface area contributed by atoms with Gasteiger partial charge < -0.3 is 15.7 Å². The monoisotopic (exact) mass is 683 g/mol. The Balaban J connectivity index is 0.000000582. The van der Waals surface area contributed by atoms with Gasteiger partial charge in [0.05, 0.1) is 10.4 Å². The topological polar surface area (TPSA) is 133 Å². The number of halogens is 4. The van der Waals surface area contributed by atoms with Crippen molar-refractivity contribution in [2.75, 3.05) is 23.7 Å². The first kappa shape index (κ1) is 34.5. The predicted molar refractivity (Wildman–Crippen MR) is 176 cm³/mol. The second kappa shape index (κ2) is 14.9. The van der Waals surface area contributed by atoms with Crippen molar-refractivity contribution in [2.45, 2.75) is 36.8 Å². The quantitative estimate of drug-likeness (QED) is 0.118. The minimum absolute atomic E-state index is 0.301. The Morgan fingerprint density at radius 2 is 1.42 bits per heavy atom. The van der Waals surface area contributed by atoms with Gasteiger partial charge in [-0.2, -0.15) is 18.2 Å². The summed E-state index contributed by atoms with van der Waals surface area (Å²) in [7, 11) is -3.60. The zero-order valence-electron chi connectivity index (χ0n) is 25.5. The van der Waals surface area contributed by atoms with Crippen molar-refractivity contribution in [1.29, 1.82) is 0 Å². The molecule has 0 unspecified atom stereocenters. The number of alkyl halides is 3. The van der Waals surface area contributed by atoms with Gasteiger partial charge >= 0.3 is 12.1 Å². The Morgan fingerprint density at radius 1 is 0.812 bits per heavy atom. The molecule has 1 saturated carbocycles. The molecule has 0 spiro atoms. The Kier molecular flexibility index (Phi) is 10.7. The number of benzene rings is 4. The molecule has 1 aliphatic carbocycles. The number of hydrogen-bond donors (Lipinski definition) is 4. The highest BCUT2D eigenvalue weighted by atomic mass is 32.2. The minimum Gasteiger partial charge on any atom is -0.475 e. The number of anilines is 3. The fraction of sp³-hybridized carbons (Fsp3) is 0.265. The van der Waals surface area contributed by atoms with Crippen molar-refractivity contribution in [2.24, 2.45) is 11.8 Å². The summed E-state index contributed by atoms with van der Waals surface area (Å²) in [5.74, 6) is -1.19. The number of hydrogen-bond acceptors (Lipinski definition) is 7. The van der Waals surface area contributed by atoms with Crippen LogP contribution in [0.5, 0.6) is 0 Å². The molecule has 252 valence electrons. The maximum absolute atomic E-state index is 13.7. The number of aliphatic carboxylic acids is 1. The lowest BCUT2D eigenvalue weighted by Crippen LogP contribution is -2.32.